The Hall–Kier alpha value is -5.44. The van der Waals surface area contributed by atoms with Crippen LogP contribution >= 0.6 is 11.3 Å². The molecule has 0 spiro atoms. The maximum Gasteiger partial charge on any atom is 0.0547 e. The molecular formula is C42H27NS. The number of hydrogen-bond acceptors (Lipinski definition) is 2. The third-order valence-electron chi connectivity index (χ3n) is 8.79. The first kappa shape index (κ1) is 25.1. The zero-order chi connectivity index (χ0) is 29.0. The minimum Gasteiger partial charge on any atom is -0.310 e. The lowest BCUT2D eigenvalue weighted by Gasteiger charge is -2.28. The molecule has 0 unspecified atom stereocenters. The van der Waals surface area contributed by atoms with Gasteiger partial charge in [0.25, 0.3) is 0 Å². The van der Waals surface area contributed by atoms with Gasteiger partial charge in [-0.3, -0.25) is 0 Å². The summed E-state index contributed by atoms with van der Waals surface area (Å²) < 4.78 is 2.65. The van der Waals surface area contributed by atoms with Crippen molar-refractivity contribution in [2.75, 3.05) is 4.90 Å². The van der Waals surface area contributed by atoms with Crippen LogP contribution in [0.3, 0.4) is 0 Å². The molecule has 0 saturated carbocycles. The lowest BCUT2D eigenvalue weighted by Crippen LogP contribution is -2.10. The van der Waals surface area contributed by atoms with Gasteiger partial charge < -0.3 is 4.90 Å². The quantitative estimate of drug-likeness (QED) is 0.201. The summed E-state index contributed by atoms with van der Waals surface area (Å²) in [4.78, 5) is 2.45. The van der Waals surface area contributed by atoms with Crippen molar-refractivity contribution in [1.82, 2.24) is 0 Å². The fraction of sp³-hybridized carbons (Fsp3) is 0. The van der Waals surface area contributed by atoms with Gasteiger partial charge in [0.1, 0.15) is 0 Å². The molecule has 2 heteroatoms. The average molecular weight is 578 g/mol. The van der Waals surface area contributed by atoms with Gasteiger partial charge in [0.15, 0.2) is 0 Å². The molecule has 0 aliphatic carbocycles. The van der Waals surface area contributed by atoms with Crippen LogP contribution in [0.2, 0.25) is 0 Å². The Kier molecular flexibility index (Phi) is 5.75. The van der Waals surface area contributed by atoms with Crippen LogP contribution in [0.15, 0.2) is 164 Å². The highest BCUT2D eigenvalue weighted by Gasteiger charge is 2.20. The number of rotatable bonds is 4. The van der Waals surface area contributed by atoms with Crippen molar-refractivity contribution in [2.24, 2.45) is 0 Å². The van der Waals surface area contributed by atoms with E-state index in [0.717, 1.165) is 11.4 Å². The third kappa shape index (κ3) is 4.07. The summed E-state index contributed by atoms with van der Waals surface area (Å²) in [7, 11) is 0. The van der Waals surface area contributed by atoms with Crippen LogP contribution in [0, 0.1) is 0 Å². The molecule has 206 valence electrons. The SMILES string of the molecule is c1ccc(-c2ccc3c(c2)sc2c4ccccc4c(N(c4ccc5ccccc5c4)c4ccc5ccccc5c4)cc32)cc1. The van der Waals surface area contributed by atoms with Crippen LogP contribution in [0.5, 0.6) is 0 Å². The second kappa shape index (κ2) is 10.1. The molecule has 1 aromatic heterocycles. The predicted octanol–water partition coefficient (Wildman–Crippen LogP) is 12.7. The lowest BCUT2D eigenvalue weighted by atomic mass is 10.00. The Balaban J connectivity index is 1.34. The molecule has 0 amide bonds. The lowest BCUT2D eigenvalue weighted by molar-refractivity contribution is 1.31. The Morgan fingerprint density at radius 1 is 0.364 bits per heavy atom. The zero-order valence-corrected chi connectivity index (χ0v) is 24.8. The summed E-state index contributed by atoms with van der Waals surface area (Å²) in [6.07, 6.45) is 0. The van der Waals surface area contributed by atoms with Crippen molar-refractivity contribution in [1.29, 1.82) is 0 Å². The first-order valence-corrected chi connectivity index (χ1v) is 15.8. The molecule has 44 heavy (non-hydrogen) atoms. The van der Waals surface area contributed by atoms with E-state index in [1.54, 1.807) is 0 Å². The van der Waals surface area contributed by atoms with Crippen LogP contribution < -0.4 is 4.90 Å². The van der Waals surface area contributed by atoms with Gasteiger partial charge >= 0.3 is 0 Å². The summed E-state index contributed by atoms with van der Waals surface area (Å²) in [5.41, 5.74) is 5.98. The molecule has 0 bridgehead atoms. The number of benzene rings is 8. The fourth-order valence-corrected chi connectivity index (χ4v) is 7.89. The molecule has 9 aromatic rings. The first-order valence-electron chi connectivity index (χ1n) is 15.0. The van der Waals surface area contributed by atoms with Crippen molar-refractivity contribution in [2.45, 2.75) is 0 Å². The number of anilines is 3. The summed E-state index contributed by atoms with van der Waals surface area (Å²) in [6.45, 7) is 0. The summed E-state index contributed by atoms with van der Waals surface area (Å²) >= 11 is 1.90. The van der Waals surface area contributed by atoms with E-state index in [9.17, 15) is 0 Å². The van der Waals surface area contributed by atoms with Gasteiger partial charge in [-0.15, -0.1) is 11.3 Å². The van der Waals surface area contributed by atoms with Crippen molar-refractivity contribution in [3.05, 3.63) is 164 Å². The molecule has 0 saturated heterocycles. The predicted molar refractivity (Wildman–Crippen MR) is 192 cm³/mol. The van der Waals surface area contributed by atoms with E-state index >= 15 is 0 Å². The largest absolute Gasteiger partial charge is 0.310 e. The van der Waals surface area contributed by atoms with Crippen LogP contribution in [0.1, 0.15) is 0 Å². The van der Waals surface area contributed by atoms with Crippen LogP contribution in [-0.2, 0) is 0 Å². The number of nitrogens with zero attached hydrogens (tertiary/aromatic N) is 1. The number of fused-ring (bicyclic) bond motifs is 7. The van der Waals surface area contributed by atoms with Crippen LogP contribution in [0.4, 0.5) is 17.1 Å². The molecule has 0 aliphatic rings. The number of thiophene rings is 1. The van der Waals surface area contributed by atoms with E-state index < -0.39 is 0 Å². The zero-order valence-electron chi connectivity index (χ0n) is 23.9. The molecular weight excluding hydrogens is 551 g/mol. The molecule has 0 radical (unpaired) electrons. The number of hydrogen-bond donors (Lipinski definition) is 0. The van der Waals surface area contributed by atoms with Crippen LogP contribution in [0.25, 0.3) is 63.6 Å². The minimum absolute atomic E-state index is 1.15. The molecule has 0 fully saturated rings. The minimum atomic E-state index is 1.15. The normalized spacial score (nSPS) is 11.6. The van der Waals surface area contributed by atoms with Gasteiger partial charge in [-0.2, -0.15) is 0 Å². The Labute approximate surface area is 259 Å². The molecule has 0 atom stereocenters. The maximum atomic E-state index is 2.45. The van der Waals surface area contributed by atoms with E-state index in [1.807, 2.05) is 11.3 Å². The van der Waals surface area contributed by atoms with Gasteiger partial charge in [-0.1, -0.05) is 127 Å². The maximum absolute atomic E-state index is 2.45. The molecule has 8 aromatic carbocycles. The van der Waals surface area contributed by atoms with Gasteiger partial charge in [0.2, 0.25) is 0 Å². The summed E-state index contributed by atoms with van der Waals surface area (Å²) in [5, 5.41) is 10.1. The van der Waals surface area contributed by atoms with Crippen molar-refractivity contribution in [3.8, 4) is 11.1 Å². The van der Waals surface area contributed by atoms with E-state index in [4.69, 9.17) is 0 Å². The third-order valence-corrected chi connectivity index (χ3v) is 9.99. The van der Waals surface area contributed by atoms with Crippen molar-refractivity contribution >= 4 is 80.9 Å². The van der Waals surface area contributed by atoms with Crippen molar-refractivity contribution < 1.29 is 0 Å². The molecule has 0 N–H and O–H groups in total. The summed E-state index contributed by atoms with van der Waals surface area (Å²) in [6, 6.07) is 59.8. The standard InChI is InChI=1S/C42H27NS/c1-2-10-28(11-3-1)33-20-23-37-39-27-40(36-16-8-9-17-38(36)42(39)44-41(37)26-33)43(34-21-18-29-12-4-6-14-31(29)24-34)35-22-19-30-13-5-7-15-32(30)25-35/h1-27H. The molecule has 1 nitrogen and oxygen atoms in total. The Bertz CT molecular complexity index is 2430. The molecule has 0 aliphatic heterocycles. The highest BCUT2D eigenvalue weighted by Crippen LogP contribution is 2.47. The molecule has 1 heterocycles. The highest BCUT2D eigenvalue weighted by molar-refractivity contribution is 7.26. The van der Waals surface area contributed by atoms with E-state index in [2.05, 4.69) is 169 Å². The average Bonchev–Trinajstić information content (AvgIpc) is 3.47. The second-order valence-corrected chi connectivity index (χ2v) is 12.4. The topological polar surface area (TPSA) is 3.24 Å². The smallest absolute Gasteiger partial charge is 0.0547 e. The van der Waals surface area contributed by atoms with E-state index in [0.29, 0.717) is 0 Å². The van der Waals surface area contributed by atoms with Gasteiger partial charge in [0, 0.05) is 42.3 Å². The summed E-state index contributed by atoms with van der Waals surface area (Å²) in [5.74, 6) is 0. The first-order chi connectivity index (χ1) is 21.8. The van der Waals surface area contributed by atoms with Gasteiger partial charge in [0.05, 0.1) is 5.69 Å². The molecule has 9 rings (SSSR count). The Morgan fingerprint density at radius 2 is 0.955 bits per heavy atom. The Morgan fingerprint density at radius 3 is 1.64 bits per heavy atom. The second-order valence-electron chi connectivity index (χ2n) is 11.4. The van der Waals surface area contributed by atoms with Crippen LogP contribution in [-0.4, -0.2) is 0 Å². The van der Waals surface area contributed by atoms with Crippen molar-refractivity contribution in [3.63, 3.8) is 0 Å². The van der Waals surface area contributed by atoms with E-state index in [-0.39, 0.29) is 0 Å². The monoisotopic (exact) mass is 577 g/mol. The van der Waals surface area contributed by atoms with Gasteiger partial charge in [-0.25, -0.2) is 0 Å². The van der Waals surface area contributed by atoms with Gasteiger partial charge in [-0.05, 0) is 69.1 Å². The van der Waals surface area contributed by atoms with E-state index in [1.165, 1.54) is 69.3 Å². The highest BCUT2D eigenvalue weighted by atomic mass is 32.1. The fourth-order valence-electron chi connectivity index (χ4n) is 6.63.